The number of carbonyl (C=O) groups excluding carboxylic acids is 1. The number of benzene rings is 1. The predicted molar refractivity (Wildman–Crippen MR) is 107 cm³/mol. The van der Waals surface area contributed by atoms with Gasteiger partial charge in [0.1, 0.15) is 11.3 Å². The normalized spacial score (nSPS) is 10.9. The van der Waals surface area contributed by atoms with Crippen LogP contribution in [-0.2, 0) is 13.5 Å². The Bertz CT molecular complexity index is 1180. The van der Waals surface area contributed by atoms with Gasteiger partial charge in [-0.05, 0) is 24.3 Å². The highest BCUT2D eigenvalue weighted by Gasteiger charge is 2.20. The molecule has 0 atom stereocenters. The monoisotopic (exact) mass is 390 g/mol. The SMILES string of the molecule is Cn1ccnc1C(=O)c1ccc(NCCc2cn3ccccc3n2)c([N+](=O)[O-])c1. The maximum Gasteiger partial charge on any atom is 0.293 e. The van der Waals surface area contributed by atoms with Crippen LogP contribution >= 0.6 is 0 Å². The quantitative estimate of drug-likeness (QED) is 0.295. The molecule has 9 nitrogen and oxygen atoms in total. The van der Waals surface area contributed by atoms with E-state index >= 15 is 0 Å². The number of aryl methyl sites for hydroxylation is 1. The molecule has 4 rings (SSSR count). The zero-order valence-corrected chi connectivity index (χ0v) is 15.6. The average molecular weight is 390 g/mol. The summed E-state index contributed by atoms with van der Waals surface area (Å²) < 4.78 is 3.50. The molecule has 0 amide bonds. The number of anilines is 1. The molecule has 0 aliphatic heterocycles. The topological polar surface area (TPSA) is 107 Å². The van der Waals surface area contributed by atoms with E-state index in [1.54, 1.807) is 29.9 Å². The fourth-order valence-electron chi connectivity index (χ4n) is 3.12. The van der Waals surface area contributed by atoms with E-state index in [4.69, 9.17) is 0 Å². The third-order valence-corrected chi connectivity index (χ3v) is 4.59. The first-order valence-electron chi connectivity index (χ1n) is 9.00. The molecule has 29 heavy (non-hydrogen) atoms. The highest BCUT2D eigenvalue weighted by Crippen LogP contribution is 2.26. The van der Waals surface area contributed by atoms with Crippen molar-refractivity contribution >= 4 is 22.8 Å². The summed E-state index contributed by atoms with van der Waals surface area (Å²) in [6, 6.07) is 10.2. The molecule has 0 fully saturated rings. The minimum absolute atomic E-state index is 0.153. The zero-order valence-electron chi connectivity index (χ0n) is 15.6. The van der Waals surface area contributed by atoms with Gasteiger partial charge in [-0.15, -0.1) is 0 Å². The van der Waals surface area contributed by atoms with E-state index < -0.39 is 4.92 Å². The standard InChI is InChI=1S/C20H18N6O3/c1-24-11-9-22-20(24)19(27)14-5-6-16(17(12-14)26(28)29)21-8-7-15-13-25-10-3-2-4-18(25)23-15/h2-6,9-13,21H,7-8H2,1H3. The maximum absolute atomic E-state index is 12.6. The molecule has 3 heterocycles. The molecule has 0 aliphatic carbocycles. The number of ketones is 1. The summed E-state index contributed by atoms with van der Waals surface area (Å²) in [6.07, 6.45) is 7.61. The Morgan fingerprint density at radius 2 is 2.10 bits per heavy atom. The van der Waals surface area contributed by atoms with Gasteiger partial charge in [0.25, 0.3) is 5.69 Å². The summed E-state index contributed by atoms with van der Waals surface area (Å²) in [6.45, 7) is 0.470. The van der Waals surface area contributed by atoms with Crippen molar-refractivity contribution in [1.29, 1.82) is 0 Å². The second-order valence-electron chi connectivity index (χ2n) is 6.56. The third-order valence-electron chi connectivity index (χ3n) is 4.59. The maximum atomic E-state index is 12.6. The Morgan fingerprint density at radius 1 is 1.24 bits per heavy atom. The summed E-state index contributed by atoms with van der Waals surface area (Å²) in [4.78, 5) is 32.1. The van der Waals surface area contributed by atoms with E-state index in [1.807, 2.05) is 35.0 Å². The number of nitrogens with one attached hydrogen (secondary N) is 1. The smallest absolute Gasteiger partial charge is 0.293 e. The number of imidazole rings is 2. The lowest BCUT2D eigenvalue weighted by Crippen LogP contribution is -2.11. The van der Waals surface area contributed by atoms with Crippen LogP contribution in [0.4, 0.5) is 11.4 Å². The summed E-state index contributed by atoms with van der Waals surface area (Å²) in [5.74, 6) is -0.135. The fourth-order valence-corrected chi connectivity index (χ4v) is 3.12. The molecule has 4 aromatic rings. The van der Waals surface area contributed by atoms with Crippen LogP contribution in [-0.4, -0.2) is 36.2 Å². The molecule has 0 bridgehead atoms. The van der Waals surface area contributed by atoms with Crippen molar-refractivity contribution in [3.63, 3.8) is 0 Å². The van der Waals surface area contributed by atoms with Crippen molar-refractivity contribution in [3.8, 4) is 0 Å². The van der Waals surface area contributed by atoms with Crippen LogP contribution in [0.15, 0.2) is 61.2 Å². The Labute approximate surface area is 165 Å². The highest BCUT2D eigenvalue weighted by molar-refractivity contribution is 6.07. The Kier molecular flexibility index (Phi) is 4.78. The Hall–Kier alpha value is -4.01. The molecule has 9 heteroatoms. The fraction of sp³-hybridized carbons (Fsp3) is 0.150. The van der Waals surface area contributed by atoms with Crippen molar-refractivity contribution in [3.05, 3.63) is 88.4 Å². The largest absolute Gasteiger partial charge is 0.379 e. The Balaban J connectivity index is 1.50. The van der Waals surface area contributed by atoms with Crippen molar-refractivity contribution in [2.24, 2.45) is 7.05 Å². The van der Waals surface area contributed by atoms with E-state index in [1.165, 1.54) is 12.3 Å². The van der Waals surface area contributed by atoms with Gasteiger partial charge in [-0.3, -0.25) is 14.9 Å². The minimum Gasteiger partial charge on any atom is -0.379 e. The molecule has 0 unspecified atom stereocenters. The van der Waals surface area contributed by atoms with E-state index in [2.05, 4.69) is 15.3 Å². The summed E-state index contributed by atoms with van der Waals surface area (Å²) in [5.41, 5.74) is 2.16. The average Bonchev–Trinajstić information content (AvgIpc) is 3.33. The summed E-state index contributed by atoms with van der Waals surface area (Å²) in [5, 5.41) is 14.6. The first-order valence-corrected chi connectivity index (χ1v) is 9.00. The molecule has 1 aromatic carbocycles. The number of nitrogens with zero attached hydrogens (tertiary/aromatic N) is 5. The van der Waals surface area contributed by atoms with Crippen LogP contribution in [0, 0.1) is 10.1 Å². The number of rotatable bonds is 7. The molecular formula is C20H18N6O3. The Morgan fingerprint density at radius 3 is 2.83 bits per heavy atom. The van der Waals surface area contributed by atoms with Crippen LogP contribution in [0.2, 0.25) is 0 Å². The molecule has 0 aliphatic rings. The molecule has 0 spiro atoms. The van der Waals surface area contributed by atoms with Crippen molar-refractivity contribution in [2.45, 2.75) is 6.42 Å². The van der Waals surface area contributed by atoms with Gasteiger partial charge in [0, 0.05) is 56.4 Å². The van der Waals surface area contributed by atoms with E-state index in [0.29, 0.717) is 18.7 Å². The van der Waals surface area contributed by atoms with Gasteiger partial charge in [-0.2, -0.15) is 0 Å². The summed E-state index contributed by atoms with van der Waals surface area (Å²) in [7, 11) is 1.70. The lowest BCUT2D eigenvalue weighted by molar-refractivity contribution is -0.384. The van der Waals surface area contributed by atoms with Gasteiger partial charge in [0.15, 0.2) is 5.82 Å². The first-order chi connectivity index (χ1) is 14.0. The van der Waals surface area contributed by atoms with Crippen LogP contribution in [0.25, 0.3) is 5.65 Å². The highest BCUT2D eigenvalue weighted by atomic mass is 16.6. The van der Waals surface area contributed by atoms with Crippen LogP contribution in [0.1, 0.15) is 21.9 Å². The van der Waals surface area contributed by atoms with Crippen LogP contribution in [0.5, 0.6) is 0 Å². The molecule has 0 radical (unpaired) electrons. The molecule has 1 N–H and O–H groups in total. The van der Waals surface area contributed by atoms with Gasteiger partial charge in [0.2, 0.25) is 5.78 Å². The molecule has 146 valence electrons. The van der Waals surface area contributed by atoms with Gasteiger partial charge in [0.05, 0.1) is 10.6 Å². The van der Waals surface area contributed by atoms with E-state index in [-0.39, 0.29) is 22.9 Å². The number of nitro groups is 1. The van der Waals surface area contributed by atoms with Crippen molar-refractivity contribution in [2.75, 3.05) is 11.9 Å². The molecular weight excluding hydrogens is 372 g/mol. The van der Waals surface area contributed by atoms with E-state index in [9.17, 15) is 14.9 Å². The van der Waals surface area contributed by atoms with Crippen molar-refractivity contribution in [1.82, 2.24) is 18.9 Å². The number of nitro benzene ring substituents is 1. The minimum atomic E-state index is -0.498. The lowest BCUT2D eigenvalue weighted by atomic mass is 10.1. The third kappa shape index (κ3) is 3.70. The van der Waals surface area contributed by atoms with Crippen LogP contribution in [0.3, 0.4) is 0 Å². The van der Waals surface area contributed by atoms with Gasteiger partial charge in [-0.1, -0.05) is 6.07 Å². The predicted octanol–water partition coefficient (Wildman–Crippen LogP) is 2.86. The lowest BCUT2D eigenvalue weighted by Gasteiger charge is -2.08. The van der Waals surface area contributed by atoms with Crippen LogP contribution < -0.4 is 5.32 Å². The van der Waals surface area contributed by atoms with E-state index in [0.717, 1.165) is 11.3 Å². The van der Waals surface area contributed by atoms with Crippen molar-refractivity contribution < 1.29 is 9.72 Å². The number of aromatic nitrogens is 4. The molecule has 0 saturated carbocycles. The second kappa shape index (κ2) is 7.55. The first kappa shape index (κ1) is 18.4. The number of hydrogen-bond acceptors (Lipinski definition) is 6. The number of hydrogen-bond donors (Lipinski definition) is 1. The van der Waals surface area contributed by atoms with Gasteiger partial charge in [-0.25, -0.2) is 9.97 Å². The zero-order chi connectivity index (χ0) is 20.4. The number of carbonyl (C=O) groups is 1. The second-order valence-corrected chi connectivity index (χ2v) is 6.56. The van der Waals surface area contributed by atoms with Gasteiger partial charge < -0.3 is 14.3 Å². The number of pyridine rings is 1. The van der Waals surface area contributed by atoms with Gasteiger partial charge >= 0.3 is 0 Å². The summed E-state index contributed by atoms with van der Waals surface area (Å²) >= 11 is 0. The number of fused-ring (bicyclic) bond motifs is 1. The molecule has 0 saturated heterocycles. The molecule has 3 aromatic heterocycles.